The topological polar surface area (TPSA) is 29.5 Å². The van der Waals surface area contributed by atoms with Crippen molar-refractivity contribution < 1.29 is 9.84 Å². The standard InChI is InChI=1S/C6H8O2/c1-5-2-6(7)4-8-3-5/h2-3,7H,4H2,1H3. The van der Waals surface area contributed by atoms with Crippen LogP contribution in [0.5, 0.6) is 0 Å². The van der Waals surface area contributed by atoms with Crippen molar-refractivity contribution in [2.75, 3.05) is 6.61 Å². The minimum absolute atomic E-state index is 0.296. The summed E-state index contributed by atoms with van der Waals surface area (Å²) in [5, 5.41) is 8.77. The molecule has 0 aromatic carbocycles. The van der Waals surface area contributed by atoms with E-state index in [2.05, 4.69) is 0 Å². The fraction of sp³-hybridized carbons (Fsp3) is 0.333. The van der Waals surface area contributed by atoms with E-state index in [0.29, 0.717) is 12.4 Å². The van der Waals surface area contributed by atoms with Gasteiger partial charge in [-0.25, -0.2) is 0 Å². The Morgan fingerprint density at radius 3 is 2.88 bits per heavy atom. The predicted octanol–water partition coefficient (Wildman–Crippen LogP) is 1.36. The molecule has 44 valence electrons. The number of ether oxygens (including phenoxy) is 1. The molecular formula is C6H8O2. The zero-order valence-electron chi connectivity index (χ0n) is 4.72. The molecule has 1 N–H and O–H groups in total. The molecular weight excluding hydrogens is 104 g/mol. The van der Waals surface area contributed by atoms with Gasteiger partial charge in [-0.3, -0.25) is 0 Å². The summed E-state index contributed by atoms with van der Waals surface area (Å²) in [5.41, 5.74) is 0.953. The van der Waals surface area contributed by atoms with Gasteiger partial charge in [-0.15, -0.1) is 0 Å². The molecule has 1 aliphatic rings. The van der Waals surface area contributed by atoms with Crippen LogP contribution in [0.2, 0.25) is 0 Å². The summed E-state index contributed by atoms with van der Waals surface area (Å²) in [5.74, 6) is 0.296. The van der Waals surface area contributed by atoms with E-state index in [1.54, 1.807) is 12.3 Å². The Bertz CT molecular complexity index is 145. The van der Waals surface area contributed by atoms with E-state index in [-0.39, 0.29) is 0 Å². The summed E-state index contributed by atoms with van der Waals surface area (Å²) in [6.45, 7) is 2.19. The molecule has 2 nitrogen and oxygen atoms in total. The van der Waals surface area contributed by atoms with Gasteiger partial charge in [0.15, 0.2) is 0 Å². The lowest BCUT2D eigenvalue weighted by Gasteiger charge is -2.05. The van der Waals surface area contributed by atoms with Crippen molar-refractivity contribution in [3.8, 4) is 0 Å². The molecule has 0 saturated heterocycles. The molecule has 2 heteroatoms. The minimum atomic E-state index is 0.296. The normalized spacial score (nSPS) is 18.6. The van der Waals surface area contributed by atoms with Crippen LogP contribution >= 0.6 is 0 Å². The summed E-state index contributed by atoms with van der Waals surface area (Å²) in [6, 6.07) is 0. The first-order valence-corrected chi connectivity index (χ1v) is 2.47. The maximum Gasteiger partial charge on any atom is 0.144 e. The lowest BCUT2D eigenvalue weighted by Crippen LogP contribution is -1.97. The molecule has 1 aliphatic heterocycles. The molecule has 0 aliphatic carbocycles. The number of hydrogen-bond acceptors (Lipinski definition) is 2. The van der Waals surface area contributed by atoms with Gasteiger partial charge in [0.1, 0.15) is 12.4 Å². The molecule has 0 aromatic heterocycles. The average molecular weight is 112 g/mol. The van der Waals surface area contributed by atoms with E-state index in [1.165, 1.54) is 0 Å². The van der Waals surface area contributed by atoms with Crippen LogP contribution in [0.1, 0.15) is 6.92 Å². The first-order valence-electron chi connectivity index (χ1n) is 2.47. The van der Waals surface area contributed by atoms with Gasteiger partial charge in [0.2, 0.25) is 0 Å². The Labute approximate surface area is 48.1 Å². The third kappa shape index (κ3) is 1.03. The van der Waals surface area contributed by atoms with Crippen molar-refractivity contribution in [3.63, 3.8) is 0 Å². The molecule has 0 saturated carbocycles. The van der Waals surface area contributed by atoms with E-state index in [9.17, 15) is 0 Å². The van der Waals surface area contributed by atoms with Gasteiger partial charge >= 0.3 is 0 Å². The molecule has 0 amide bonds. The molecule has 0 atom stereocenters. The third-order valence-corrected chi connectivity index (χ3v) is 0.895. The summed E-state index contributed by atoms with van der Waals surface area (Å²) in [4.78, 5) is 0. The van der Waals surface area contributed by atoms with E-state index in [1.807, 2.05) is 6.92 Å². The molecule has 0 bridgehead atoms. The molecule has 0 aromatic rings. The van der Waals surface area contributed by atoms with Crippen LogP contribution in [0.4, 0.5) is 0 Å². The number of aliphatic hydroxyl groups is 1. The third-order valence-electron chi connectivity index (χ3n) is 0.895. The summed E-state index contributed by atoms with van der Waals surface area (Å²) in [6.07, 6.45) is 3.31. The van der Waals surface area contributed by atoms with Crippen LogP contribution < -0.4 is 0 Å². The van der Waals surface area contributed by atoms with Crippen LogP contribution in [0.25, 0.3) is 0 Å². The quantitative estimate of drug-likeness (QED) is 0.512. The second-order valence-electron chi connectivity index (χ2n) is 1.81. The van der Waals surface area contributed by atoms with Crippen LogP contribution in [-0.2, 0) is 4.74 Å². The van der Waals surface area contributed by atoms with Gasteiger partial charge in [0, 0.05) is 0 Å². The lowest BCUT2D eigenvalue weighted by molar-refractivity contribution is 0.214. The fourth-order valence-corrected chi connectivity index (χ4v) is 0.597. The van der Waals surface area contributed by atoms with Crippen LogP contribution in [0, 0.1) is 0 Å². The maximum atomic E-state index is 8.77. The van der Waals surface area contributed by atoms with Gasteiger partial charge in [0.05, 0.1) is 6.26 Å². The molecule has 0 unspecified atom stereocenters. The minimum Gasteiger partial charge on any atom is -0.509 e. The Balaban J connectivity index is 2.69. The van der Waals surface area contributed by atoms with Crippen molar-refractivity contribution in [3.05, 3.63) is 23.7 Å². The van der Waals surface area contributed by atoms with Crippen LogP contribution in [0.3, 0.4) is 0 Å². The largest absolute Gasteiger partial charge is 0.509 e. The number of hydrogen-bond donors (Lipinski definition) is 1. The van der Waals surface area contributed by atoms with Crippen LogP contribution in [-0.4, -0.2) is 11.7 Å². The van der Waals surface area contributed by atoms with E-state index < -0.39 is 0 Å². The van der Waals surface area contributed by atoms with E-state index >= 15 is 0 Å². The van der Waals surface area contributed by atoms with Crippen molar-refractivity contribution in [2.45, 2.75) is 6.92 Å². The smallest absolute Gasteiger partial charge is 0.144 e. The molecule has 0 fully saturated rings. The predicted molar refractivity (Wildman–Crippen MR) is 30.4 cm³/mol. The van der Waals surface area contributed by atoms with Crippen molar-refractivity contribution >= 4 is 0 Å². The van der Waals surface area contributed by atoms with Crippen molar-refractivity contribution in [2.24, 2.45) is 0 Å². The van der Waals surface area contributed by atoms with Crippen molar-refractivity contribution in [1.29, 1.82) is 0 Å². The van der Waals surface area contributed by atoms with Crippen molar-refractivity contribution in [1.82, 2.24) is 0 Å². The molecule has 0 spiro atoms. The Hall–Kier alpha value is -0.920. The van der Waals surface area contributed by atoms with Crippen LogP contribution in [0.15, 0.2) is 23.7 Å². The van der Waals surface area contributed by atoms with Gasteiger partial charge in [-0.1, -0.05) is 0 Å². The highest BCUT2D eigenvalue weighted by atomic mass is 16.5. The zero-order valence-corrected chi connectivity index (χ0v) is 4.72. The monoisotopic (exact) mass is 112 g/mol. The van der Waals surface area contributed by atoms with Gasteiger partial charge in [-0.05, 0) is 18.6 Å². The number of allylic oxidation sites excluding steroid dienone is 2. The van der Waals surface area contributed by atoms with Gasteiger partial charge < -0.3 is 9.84 Å². The Morgan fingerprint density at radius 1 is 1.75 bits per heavy atom. The summed E-state index contributed by atoms with van der Waals surface area (Å²) in [7, 11) is 0. The lowest BCUT2D eigenvalue weighted by atomic mass is 10.3. The molecule has 1 heterocycles. The van der Waals surface area contributed by atoms with Gasteiger partial charge in [-0.2, -0.15) is 0 Å². The summed E-state index contributed by atoms with van der Waals surface area (Å²) < 4.78 is 4.81. The number of aliphatic hydroxyl groups excluding tert-OH is 1. The molecule has 8 heavy (non-hydrogen) atoms. The highest BCUT2D eigenvalue weighted by Crippen LogP contribution is 2.05. The second-order valence-corrected chi connectivity index (χ2v) is 1.81. The zero-order chi connectivity index (χ0) is 5.98. The average Bonchev–Trinajstić information content (AvgIpc) is 1.64. The summed E-state index contributed by atoms with van der Waals surface area (Å²) >= 11 is 0. The Morgan fingerprint density at radius 2 is 2.50 bits per heavy atom. The fourth-order valence-electron chi connectivity index (χ4n) is 0.597. The van der Waals surface area contributed by atoms with Gasteiger partial charge in [0.25, 0.3) is 0 Å². The highest BCUT2D eigenvalue weighted by Gasteiger charge is 1.97. The molecule has 0 radical (unpaired) electrons. The maximum absolute atomic E-state index is 8.77. The van der Waals surface area contributed by atoms with E-state index in [4.69, 9.17) is 9.84 Å². The van der Waals surface area contributed by atoms with E-state index in [0.717, 1.165) is 5.57 Å². The first-order chi connectivity index (χ1) is 3.79. The SMILES string of the molecule is CC1=COCC(O)=C1. The first kappa shape index (κ1) is 5.22. The molecule has 1 rings (SSSR count). The Kier molecular flexibility index (Phi) is 1.24. The highest BCUT2D eigenvalue weighted by molar-refractivity contribution is 5.19. The second kappa shape index (κ2) is 1.90. The number of rotatable bonds is 0.